The fourth-order valence-electron chi connectivity index (χ4n) is 3.01. The average Bonchev–Trinajstić information content (AvgIpc) is 3.17. The molecule has 0 bridgehead atoms. The lowest BCUT2D eigenvalue weighted by Crippen LogP contribution is -2.47. The van der Waals surface area contributed by atoms with Crippen LogP contribution < -0.4 is 9.62 Å². The Morgan fingerprint density at radius 3 is 2.47 bits per heavy atom. The second-order valence-corrected chi connectivity index (χ2v) is 8.96. The van der Waals surface area contributed by atoms with Gasteiger partial charge in [0.25, 0.3) is 0 Å². The number of aryl methyl sites for hydroxylation is 2. The Hall–Kier alpha value is -3.20. The molecule has 8 nitrogen and oxygen atoms in total. The van der Waals surface area contributed by atoms with E-state index in [1.165, 1.54) is 6.92 Å². The van der Waals surface area contributed by atoms with Crippen LogP contribution in [0.3, 0.4) is 0 Å². The molecule has 0 radical (unpaired) electrons. The highest BCUT2D eigenvalue weighted by Crippen LogP contribution is 2.24. The first-order chi connectivity index (χ1) is 14.2. The maximum absolute atomic E-state index is 12.7. The number of aromatic nitrogens is 2. The summed E-state index contributed by atoms with van der Waals surface area (Å²) in [5.74, 6) is 0.172. The van der Waals surface area contributed by atoms with Gasteiger partial charge in [-0.3, -0.25) is 9.10 Å². The lowest BCUT2D eigenvalue weighted by atomic mass is 10.1. The molecule has 0 fully saturated rings. The minimum atomic E-state index is -3.69. The fourth-order valence-corrected chi connectivity index (χ4v) is 4.18. The normalized spacial score (nSPS) is 12.4. The van der Waals surface area contributed by atoms with E-state index in [2.05, 4.69) is 15.5 Å². The second kappa shape index (κ2) is 8.66. The van der Waals surface area contributed by atoms with E-state index in [1.54, 1.807) is 12.1 Å². The molecule has 1 atom stereocenters. The first kappa shape index (κ1) is 21.5. The maximum Gasteiger partial charge on any atom is 0.246 e. The van der Waals surface area contributed by atoms with Gasteiger partial charge in [0, 0.05) is 5.56 Å². The number of carbonyl (C=O) groups is 1. The predicted octanol–water partition coefficient (Wildman–Crippen LogP) is 2.82. The van der Waals surface area contributed by atoms with Gasteiger partial charge in [0.2, 0.25) is 27.6 Å². The molecule has 1 heterocycles. The second-order valence-electron chi connectivity index (χ2n) is 7.10. The summed E-state index contributed by atoms with van der Waals surface area (Å²) in [6, 6.07) is 13.6. The number of hydrogen-bond donors (Lipinski definition) is 1. The van der Waals surface area contributed by atoms with Gasteiger partial charge in [-0.1, -0.05) is 41.6 Å². The van der Waals surface area contributed by atoms with Gasteiger partial charge in [-0.25, -0.2) is 8.42 Å². The van der Waals surface area contributed by atoms with Gasteiger partial charge in [0.1, 0.15) is 6.04 Å². The Bertz CT molecular complexity index is 1140. The van der Waals surface area contributed by atoms with Gasteiger partial charge in [0.05, 0.1) is 18.5 Å². The summed E-state index contributed by atoms with van der Waals surface area (Å²) < 4.78 is 31.1. The Labute approximate surface area is 176 Å². The van der Waals surface area contributed by atoms with Crippen molar-refractivity contribution in [3.63, 3.8) is 0 Å². The molecule has 1 N–H and O–H groups in total. The fraction of sp³-hybridized carbons (Fsp3) is 0.286. The number of hydrogen-bond acceptors (Lipinski definition) is 6. The summed E-state index contributed by atoms with van der Waals surface area (Å²) >= 11 is 0. The molecule has 3 aromatic rings. The van der Waals surface area contributed by atoms with Crippen molar-refractivity contribution >= 4 is 21.6 Å². The molecule has 1 aromatic heterocycles. The third kappa shape index (κ3) is 4.85. The van der Waals surface area contributed by atoms with Crippen molar-refractivity contribution in [1.29, 1.82) is 0 Å². The van der Waals surface area contributed by atoms with Crippen molar-refractivity contribution in [2.24, 2.45) is 0 Å². The highest BCUT2D eigenvalue weighted by Gasteiger charge is 2.29. The van der Waals surface area contributed by atoms with Crippen LogP contribution in [0.2, 0.25) is 0 Å². The molecule has 1 amide bonds. The summed E-state index contributed by atoms with van der Waals surface area (Å²) in [4.78, 5) is 17.0. The number of sulfonamides is 1. The van der Waals surface area contributed by atoms with Crippen LogP contribution in [0.25, 0.3) is 11.4 Å². The molecule has 3 rings (SSSR count). The lowest BCUT2D eigenvalue weighted by molar-refractivity contribution is -0.122. The largest absolute Gasteiger partial charge is 0.345 e. The van der Waals surface area contributed by atoms with Crippen LogP contribution in [0.15, 0.2) is 53.1 Å². The van der Waals surface area contributed by atoms with E-state index < -0.39 is 22.0 Å². The van der Waals surface area contributed by atoms with E-state index in [0.29, 0.717) is 11.5 Å². The lowest BCUT2D eigenvalue weighted by Gasteiger charge is -2.28. The van der Waals surface area contributed by atoms with Crippen molar-refractivity contribution in [2.45, 2.75) is 33.4 Å². The first-order valence-corrected chi connectivity index (χ1v) is 11.2. The van der Waals surface area contributed by atoms with Gasteiger partial charge in [-0.05, 0) is 44.0 Å². The van der Waals surface area contributed by atoms with Crippen molar-refractivity contribution in [3.05, 3.63) is 65.5 Å². The van der Waals surface area contributed by atoms with Crippen LogP contribution in [-0.2, 0) is 21.4 Å². The molecule has 0 saturated heterocycles. The van der Waals surface area contributed by atoms with Crippen LogP contribution in [0.4, 0.5) is 5.69 Å². The van der Waals surface area contributed by atoms with Crippen molar-refractivity contribution in [3.8, 4) is 11.4 Å². The zero-order valence-corrected chi connectivity index (χ0v) is 18.1. The van der Waals surface area contributed by atoms with Crippen LogP contribution in [0.1, 0.15) is 23.9 Å². The summed E-state index contributed by atoms with van der Waals surface area (Å²) in [6.45, 7) is 5.36. The number of amides is 1. The van der Waals surface area contributed by atoms with Crippen LogP contribution in [-0.4, -0.2) is 36.8 Å². The highest BCUT2D eigenvalue weighted by atomic mass is 32.2. The zero-order chi connectivity index (χ0) is 21.9. The van der Waals surface area contributed by atoms with E-state index in [1.807, 2.05) is 50.2 Å². The van der Waals surface area contributed by atoms with Gasteiger partial charge in [0.15, 0.2) is 0 Å². The number of rotatable bonds is 7. The van der Waals surface area contributed by atoms with Crippen molar-refractivity contribution in [1.82, 2.24) is 15.5 Å². The highest BCUT2D eigenvalue weighted by molar-refractivity contribution is 7.92. The average molecular weight is 429 g/mol. The first-order valence-electron chi connectivity index (χ1n) is 9.39. The molecule has 0 saturated carbocycles. The van der Waals surface area contributed by atoms with E-state index in [-0.39, 0.29) is 12.4 Å². The number of benzene rings is 2. The summed E-state index contributed by atoms with van der Waals surface area (Å²) in [5.41, 5.74) is 3.21. The smallest absolute Gasteiger partial charge is 0.246 e. The SMILES string of the molecule is Cc1ccc(N([C@@H](C)C(=O)NCc2nc(-c3ccccc3)no2)S(C)(=O)=O)cc1C. The molecule has 0 aliphatic rings. The standard InChI is InChI=1S/C21H24N4O4S/c1-14-10-11-18(12-15(14)2)25(30(4,27)28)16(3)21(26)22-13-19-23-20(24-29-19)17-8-6-5-7-9-17/h5-12,16H,13H2,1-4H3,(H,22,26)/t16-/m0/s1. The minimum Gasteiger partial charge on any atom is -0.345 e. The van der Waals surface area contributed by atoms with Crippen molar-refractivity contribution in [2.75, 3.05) is 10.6 Å². The van der Waals surface area contributed by atoms with Gasteiger partial charge in [-0.15, -0.1) is 0 Å². The van der Waals surface area contributed by atoms with Crippen LogP contribution >= 0.6 is 0 Å². The Balaban J connectivity index is 1.73. The predicted molar refractivity (Wildman–Crippen MR) is 114 cm³/mol. The van der Waals surface area contributed by atoms with E-state index in [4.69, 9.17) is 4.52 Å². The monoisotopic (exact) mass is 428 g/mol. The Morgan fingerprint density at radius 2 is 1.83 bits per heavy atom. The molecule has 0 unspecified atom stereocenters. The Kier molecular flexibility index (Phi) is 6.21. The summed E-state index contributed by atoms with van der Waals surface area (Å²) in [6.07, 6.45) is 1.08. The zero-order valence-electron chi connectivity index (χ0n) is 17.3. The molecule has 158 valence electrons. The molecule has 0 aliphatic carbocycles. The third-order valence-corrected chi connectivity index (χ3v) is 5.99. The van der Waals surface area contributed by atoms with E-state index in [9.17, 15) is 13.2 Å². The summed E-state index contributed by atoms with van der Waals surface area (Å²) in [7, 11) is -3.69. The molecule has 0 spiro atoms. The number of anilines is 1. The van der Waals surface area contributed by atoms with Gasteiger partial charge < -0.3 is 9.84 Å². The molecular weight excluding hydrogens is 404 g/mol. The van der Waals surface area contributed by atoms with E-state index in [0.717, 1.165) is 27.3 Å². The van der Waals surface area contributed by atoms with Gasteiger partial charge in [-0.2, -0.15) is 4.98 Å². The molecule has 2 aromatic carbocycles. The summed E-state index contributed by atoms with van der Waals surface area (Å²) in [5, 5.41) is 6.58. The number of nitrogens with zero attached hydrogens (tertiary/aromatic N) is 3. The van der Waals surface area contributed by atoms with Crippen LogP contribution in [0.5, 0.6) is 0 Å². The molecule has 30 heavy (non-hydrogen) atoms. The quantitative estimate of drug-likeness (QED) is 0.620. The molecule has 9 heteroatoms. The van der Waals surface area contributed by atoms with Crippen LogP contribution in [0, 0.1) is 13.8 Å². The number of carbonyl (C=O) groups excluding carboxylic acids is 1. The molecular formula is C21H24N4O4S. The topological polar surface area (TPSA) is 105 Å². The molecule has 0 aliphatic heterocycles. The maximum atomic E-state index is 12.7. The third-order valence-electron chi connectivity index (χ3n) is 4.75. The van der Waals surface area contributed by atoms with Crippen molar-refractivity contribution < 1.29 is 17.7 Å². The number of nitrogens with one attached hydrogen (secondary N) is 1. The minimum absolute atomic E-state index is 0.00641. The van der Waals surface area contributed by atoms with E-state index >= 15 is 0 Å². The Morgan fingerprint density at radius 1 is 1.13 bits per heavy atom. The van der Waals surface area contributed by atoms with Gasteiger partial charge >= 0.3 is 0 Å².